The zero-order chi connectivity index (χ0) is 18.8. The number of amides is 2. The minimum atomic E-state index is -1.03. The molecule has 2 aromatic carbocycles. The van der Waals surface area contributed by atoms with Gasteiger partial charge in [0, 0.05) is 9.78 Å². The molecule has 5 nitrogen and oxygen atoms in total. The number of halogens is 1. The van der Waals surface area contributed by atoms with E-state index in [4.69, 9.17) is 12.2 Å². The molecule has 0 radical (unpaired) electrons. The highest BCUT2D eigenvalue weighted by Gasteiger charge is 2.38. The van der Waals surface area contributed by atoms with E-state index in [1.54, 1.807) is 12.1 Å². The van der Waals surface area contributed by atoms with Gasteiger partial charge in [-0.3, -0.25) is 19.5 Å². The van der Waals surface area contributed by atoms with Gasteiger partial charge in [-0.05, 0) is 84.6 Å². The number of carbonyl (C=O) groups is 2. The van der Waals surface area contributed by atoms with Crippen LogP contribution in [0.15, 0.2) is 47.5 Å². The first-order valence-corrected chi connectivity index (χ1v) is 9.41. The van der Waals surface area contributed by atoms with Crippen molar-refractivity contribution in [2.45, 2.75) is 13.8 Å². The highest BCUT2D eigenvalue weighted by molar-refractivity contribution is 14.1. The van der Waals surface area contributed by atoms with E-state index in [9.17, 15) is 9.59 Å². The molecule has 1 saturated heterocycles. The highest BCUT2D eigenvalue weighted by Crippen LogP contribution is 2.22. The Hall–Kier alpha value is -2.13. The van der Waals surface area contributed by atoms with Crippen molar-refractivity contribution in [3.8, 4) is 0 Å². The molecule has 2 amide bonds. The second kappa shape index (κ2) is 7.63. The van der Waals surface area contributed by atoms with Gasteiger partial charge in [0.05, 0.1) is 11.4 Å². The second-order valence-corrected chi connectivity index (χ2v) is 7.54. The molecule has 0 unspecified atom stereocenters. The number of aliphatic imine (C=N–C) groups is 1. The highest BCUT2D eigenvalue weighted by atomic mass is 127. The number of hydrogen-bond acceptors (Lipinski definition) is 4. The number of anilines is 1. The monoisotopic (exact) mass is 477 g/mol. The van der Waals surface area contributed by atoms with Crippen LogP contribution in [0.4, 0.5) is 11.4 Å². The van der Waals surface area contributed by atoms with Gasteiger partial charge in [-0.25, -0.2) is 0 Å². The molecule has 1 heterocycles. The number of nitrogens with one attached hydrogen (secondary N) is 1. The van der Waals surface area contributed by atoms with Crippen LogP contribution < -0.4 is 10.2 Å². The molecule has 132 valence electrons. The molecule has 0 aromatic heterocycles. The van der Waals surface area contributed by atoms with Gasteiger partial charge in [0.15, 0.2) is 11.0 Å². The van der Waals surface area contributed by atoms with Crippen molar-refractivity contribution < 1.29 is 9.59 Å². The summed E-state index contributed by atoms with van der Waals surface area (Å²) >= 11 is 7.43. The maximum absolute atomic E-state index is 12.9. The largest absolute Gasteiger partial charge is 0.301 e. The first-order chi connectivity index (χ1) is 12.4. The lowest BCUT2D eigenvalue weighted by molar-refractivity contribution is -0.130. The summed E-state index contributed by atoms with van der Waals surface area (Å²) in [5.74, 6) is -1.90. The lowest BCUT2D eigenvalue weighted by Gasteiger charge is -2.30. The fourth-order valence-corrected chi connectivity index (χ4v) is 3.16. The Labute approximate surface area is 170 Å². The number of benzene rings is 2. The molecule has 1 aliphatic rings. The predicted molar refractivity (Wildman–Crippen MR) is 115 cm³/mol. The average molecular weight is 477 g/mol. The molecule has 1 atom stereocenters. The van der Waals surface area contributed by atoms with E-state index in [1.807, 2.05) is 44.2 Å². The minimum absolute atomic E-state index is 0.0820. The molecule has 0 aliphatic carbocycles. The number of rotatable bonds is 3. The van der Waals surface area contributed by atoms with E-state index in [2.05, 4.69) is 32.9 Å². The second-order valence-electron chi connectivity index (χ2n) is 5.99. The van der Waals surface area contributed by atoms with Crippen LogP contribution in [0.25, 0.3) is 0 Å². The summed E-state index contributed by atoms with van der Waals surface area (Å²) < 4.78 is 1.13. The Kier molecular flexibility index (Phi) is 5.47. The fourth-order valence-electron chi connectivity index (χ4n) is 2.53. The Morgan fingerprint density at radius 3 is 2.50 bits per heavy atom. The zero-order valence-corrected chi connectivity index (χ0v) is 17.2. The summed E-state index contributed by atoms with van der Waals surface area (Å²) in [5, 5.41) is 2.67. The van der Waals surface area contributed by atoms with E-state index < -0.39 is 17.7 Å². The molecule has 1 fully saturated rings. The fraction of sp³-hybridized carbons (Fsp3) is 0.158. The van der Waals surface area contributed by atoms with Crippen LogP contribution in [0.3, 0.4) is 0 Å². The van der Waals surface area contributed by atoms with Gasteiger partial charge in [-0.2, -0.15) is 0 Å². The number of carbonyl (C=O) groups excluding carboxylic acids is 2. The van der Waals surface area contributed by atoms with Crippen molar-refractivity contribution in [1.82, 2.24) is 5.32 Å². The molecular weight excluding hydrogens is 461 g/mol. The topological polar surface area (TPSA) is 61.8 Å². The SMILES string of the molecule is Cc1ccc(N2C(=O)[C@@H](C=Nc3ccc(I)c(C)c3)C(=O)NC2=S)cc1. The molecular formula is C19H16IN3O2S. The van der Waals surface area contributed by atoms with Gasteiger partial charge < -0.3 is 5.32 Å². The molecule has 1 N–H and O–H groups in total. The molecule has 26 heavy (non-hydrogen) atoms. The number of hydrogen-bond donors (Lipinski definition) is 1. The lowest BCUT2D eigenvalue weighted by Crippen LogP contribution is -2.58. The Morgan fingerprint density at radius 2 is 1.85 bits per heavy atom. The summed E-state index contributed by atoms with van der Waals surface area (Å²) in [6, 6.07) is 13.1. The smallest absolute Gasteiger partial charge is 0.251 e. The standard InChI is InChI=1S/C19H16IN3O2S/c1-11-3-6-14(7-4-11)23-18(25)15(17(24)22-19(23)26)10-21-13-5-8-16(20)12(2)9-13/h3-10,15H,1-2H3,(H,22,24,26)/t15-/m0/s1. The van der Waals surface area contributed by atoms with Crippen LogP contribution in [0.2, 0.25) is 0 Å². The zero-order valence-electron chi connectivity index (χ0n) is 14.2. The van der Waals surface area contributed by atoms with Crippen LogP contribution in [0.5, 0.6) is 0 Å². The van der Waals surface area contributed by atoms with Gasteiger partial charge in [0.25, 0.3) is 5.91 Å². The molecule has 1 aliphatic heterocycles. The Balaban J connectivity index is 1.88. The van der Waals surface area contributed by atoms with Crippen LogP contribution in [0, 0.1) is 23.3 Å². The van der Waals surface area contributed by atoms with Crippen LogP contribution in [-0.4, -0.2) is 23.1 Å². The number of aryl methyl sites for hydroxylation is 2. The summed E-state index contributed by atoms with van der Waals surface area (Å²) in [6.07, 6.45) is 1.38. The van der Waals surface area contributed by atoms with Gasteiger partial charge in [-0.15, -0.1) is 0 Å². The predicted octanol–water partition coefficient (Wildman–Crippen LogP) is 3.67. The maximum atomic E-state index is 12.9. The first kappa shape index (κ1) is 18.7. The molecule has 0 spiro atoms. The van der Waals surface area contributed by atoms with Crippen LogP contribution >= 0.6 is 34.8 Å². The summed E-state index contributed by atoms with van der Waals surface area (Å²) in [5.41, 5.74) is 3.47. The van der Waals surface area contributed by atoms with Crippen LogP contribution in [-0.2, 0) is 9.59 Å². The summed E-state index contributed by atoms with van der Waals surface area (Å²) in [6.45, 7) is 3.94. The number of nitrogens with zero attached hydrogens (tertiary/aromatic N) is 2. The van der Waals surface area contributed by atoms with Gasteiger partial charge in [-0.1, -0.05) is 17.7 Å². The van der Waals surface area contributed by atoms with Gasteiger partial charge in [0.2, 0.25) is 5.91 Å². The maximum Gasteiger partial charge on any atom is 0.251 e. The van der Waals surface area contributed by atoms with E-state index >= 15 is 0 Å². The minimum Gasteiger partial charge on any atom is -0.301 e. The third-order valence-electron chi connectivity index (χ3n) is 4.01. The Bertz CT molecular complexity index is 925. The van der Waals surface area contributed by atoms with Crippen molar-refractivity contribution in [1.29, 1.82) is 0 Å². The third kappa shape index (κ3) is 3.83. The molecule has 7 heteroatoms. The Morgan fingerprint density at radius 1 is 1.15 bits per heavy atom. The number of thiocarbonyl (C=S) groups is 1. The lowest BCUT2D eigenvalue weighted by atomic mass is 10.1. The molecule has 2 aromatic rings. The molecule has 0 saturated carbocycles. The van der Waals surface area contributed by atoms with Crippen molar-refractivity contribution in [3.63, 3.8) is 0 Å². The van der Waals surface area contributed by atoms with E-state index in [0.29, 0.717) is 11.4 Å². The van der Waals surface area contributed by atoms with Crippen molar-refractivity contribution in [2.75, 3.05) is 4.90 Å². The third-order valence-corrected chi connectivity index (χ3v) is 5.50. The summed E-state index contributed by atoms with van der Waals surface area (Å²) in [4.78, 5) is 30.8. The molecule has 3 rings (SSSR count). The van der Waals surface area contributed by atoms with E-state index in [0.717, 1.165) is 14.7 Å². The van der Waals surface area contributed by atoms with Gasteiger partial charge >= 0.3 is 0 Å². The van der Waals surface area contributed by atoms with Crippen molar-refractivity contribution in [2.24, 2.45) is 10.9 Å². The van der Waals surface area contributed by atoms with E-state index in [1.165, 1.54) is 11.1 Å². The molecule has 0 bridgehead atoms. The van der Waals surface area contributed by atoms with Crippen molar-refractivity contribution >= 4 is 69.3 Å². The normalized spacial score (nSPS) is 17.7. The van der Waals surface area contributed by atoms with Crippen molar-refractivity contribution in [3.05, 3.63) is 57.2 Å². The average Bonchev–Trinajstić information content (AvgIpc) is 2.59. The quantitative estimate of drug-likeness (QED) is 0.318. The first-order valence-electron chi connectivity index (χ1n) is 7.92. The summed E-state index contributed by atoms with van der Waals surface area (Å²) in [7, 11) is 0. The van der Waals surface area contributed by atoms with E-state index in [-0.39, 0.29) is 5.11 Å². The van der Waals surface area contributed by atoms with Gasteiger partial charge in [0.1, 0.15) is 0 Å². The van der Waals surface area contributed by atoms with Crippen LogP contribution in [0.1, 0.15) is 11.1 Å².